The van der Waals surface area contributed by atoms with Crippen molar-refractivity contribution in [2.75, 3.05) is 11.9 Å². The molecule has 0 radical (unpaired) electrons. The Morgan fingerprint density at radius 1 is 0.950 bits per heavy atom. The summed E-state index contributed by atoms with van der Waals surface area (Å²) in [6.07, 6.45) is 0.981. The Balaban J connectivity index is 1.77. The van der Waals surface area contributed by atoms with Crippen LogP contribution in [0, 0.1) is 0 Å². The van der Waals surface area contributed by atoms with Gasteiger partial charge in [-0.15, -0.1) is 0 Å². The van der Waals surface area contributed by atoms with Crippen LogP contribution in [0.1, 0.15) is 5.56 Å². The van der Waals surface area contributed by atoms with E-state index in [0.717, 1.165) is 29.6 Å². The summed E-state index contributed by atoms with van der Waals surface area (Å²) in [5.41, 5.74) is 3.28. The Hall–Kier alpha value is -2.06. The molecule has 20 heavy (non-hydrogen) atoms. The maximum Gasteiger partial charge on any atom is 0.131 e. The Morgan fingerprint density at radius 3 is 2.55 bits per heavy atom. The van der Waals surface area contributed by atoms with Crippen LogP contribution in [0.3, 0.4) is 0 Å². The van der Waals surface area contributed by atoms with E-state index < -0.39 is 0 Å². The lowest BCUT2D eigenvalue weighted by atomic mass is 10.1. The standard InChI is InChI=1S/C17H15ClN2/c18-17-12-16(14-8-4-5-9-15(14)20-17)19-11-10-13-6-2-1-3-7-13/h1-9,12H,10-11H2,(H,19,20). The number of halogens is 1. The number of para-hydroxylation sites is 1. The first kappa shape index (κ1) is 12.9. The molecule has 0 amide bonds. The summed E-state index contributed by atoms with van der Waals surface area (Å²) in [7, 11) is 0. The summed E-state index contributed by atoms with van der Waals surface area (Å²) in [5.74, 6) is 0. The molecule has 0 aliphatic rings. The van der Waals surface area contributed by atoms with Gasteiger partial charge in [-0.2, -0.15) is 0 Å². The summed E-state index contributed by atoms with van der Waals surface area (Å²) in [4.78, 5) is 4.33. The van der Waals surface area contributed by atoms with Gasteiger partial charge in [0.15, 0.2) is 0 Å². The number of nitrogens with zero attached hydrogens (tertiary/aromatic N) is 1. The highest BCUT2D eigenvalue weighted by Gasteiger charge is 2.03. The van der Waals surface area contributed by atoms with Gasteiger partial charge in [-0.25, -0.2) is 4.98 Å². The molecule has 0 fully saturated rings. The van der Waals surface area contributed by atoms with Crippen molar-refractivity contribution in [1.29, 1.82) is 0 Å². The molecule has 0 saturated carbocycles. The first-order chi connectivity index (χ1) is 9.83. The van der Waals surface area contributed by atoms with E-state index >= 15 is 0 Å². The fraction of sp³-hybridized carbons (Fsp3) is 0.118. The molecule has 0 saturated heterocycles. The molecule has 0 aliphatic heterocycles. The van der Waals surface area contributed by atoms with Crippen molar-refractivity contribution in [3.63, 3.8) is 0 Å². The summed E-state index contributed by atoms with van der Waals surface area (Å²) < 4.78 is 0. The van der Waals surface area contributed by atoms with Crippen LogP contribution in [-0.4, -0.2) is 11.5 Å². The van der Waals surface area contributed by atoms with Gasteiger partial charge in [0.1, 0.15) is 5.15 Å². The number of fused-ring (bicyclic) bond motifs is 1. The van der Waals surface area contributed by atoms with E-state index in [1.54, 1.807) is 0 Å². The lowest BCUT2D eigenvalue weighted by molar-refractivity contribution is 1.02. The van der Waals surface area contributed by atoms with Gasteiger partial charge >= 0.3 is 0 Å². The zero-order valence-corrected chi connectivity index (χ0v) is 11.8. The fourth-order valence-electron chi connectivity index (χ4n) is 2.28. The van der Waals surface area contributed by atoms with Gasteiger partial charge in [0.2, 0.25) is 0 Å². The van der Waals surface area contributed by atoms with Crippen LogP contribution in [0.2, 0.25) is 5.15 Å². The second-order valence-electron chi connectivity index (χ2n) is 4.67. The van der Waals surface area contributed by atoms with Gasteiger partial charge in [0.05, 0.1) is 5.52 Å². The summed E-state index contributed by atoms with van der Waals surface area (Å²) in [6, 6.07) is 20.3. The van der Waals surface area contributed by atoms with Gasteiger partial charge < -0.3 is 5.32 Å². The van der Waals surface area contributed by atoms with Crippen molar-refractivity contribution in [3.8, 4) is 0 Å². The van der Waals surface area contributed by atoms with Crippen LogP contribution < -0.4 is 5.32 Å². The fourth-order valence-corrected chi connectivity index (χ4v) is 2.48. The van der Waals surface area contributed by atoms with E-state index in [0.29, 0.717) is 5.15 Å². The first-order valence-corrected chi connectivity index (χ1v) is 7.04. The second-order valence-corrected chi connectivity index (χ2v) is 5.06. The minimum Gasteiger partial charge on any atom is -0.384 e. The molecule has 3 aromatic rings. The minimum absolute atomic E-state index is 0.519. The maximum absolute atomic E-state index is 6.07. The SMILES string of the molecule is Clc1cc(NCCc2ccccc2)c2ccccc2n1. The third kappa shape index (κ3) is 2.91. The smallest absolute Gasteiger partial charge is 0.131 e. The van der Waals surface area contributed by atoms with E-state index in [2.05, 4.69) is 40.6 Å². The average molecular weight is 283 g/mol. The molecule has 3 rings (SSSR count). The molecule has 3 heteroatoms. The third-order valence-electron chi connectivity index (χ3n) is 3.26. The van der Waals surface area contributed by atoms with E-state index in [1.807, 2.05) is 30.3 Å². The number of pyridine rings is 1. The van der Waals surface area contributed by atoms with Crippen molar-refractivity contribution in [1.82, 2.24) is 4.98 Å². The molecule has 0 atom stereocenters. The van der Waals surface area contributed by atoms with Crippen molar-refractivity contribution in [3.05, 3.63) is 71.4 Å². The minimum atomic E-state index is 0.519. The Bertz CT molecular complexity index is 711. The second kappa shape index (κ2) is 5.93. The number of nitrogens with one attached hydrogen (secondary N) is 1. The highest BCUT2D eigenvalue weighted by molar-refractivity contribution is 6.30. The lowest BCUT2D eigenvalue weighted by Gasteiger charge is -2.10. The monoisotopic (exact) mass is 282 g/mol. The number of rotatable bonds is 4. The first-order valence-electron chi connectivity index (χ1n) is 6.66. The van der Waals surface area contributed by atoms with E-state index in [1.165, 1.54) is 5.56 Å². The number of hydrogen-bond donors (Lipinski definition) is 1. The van der Waals surface area contributed by atoms with Gasteiger partial charge in [0.25, 0.3) is 0 Å². The van der Waals surface area contributed by atoms with Crippen molar-refractivity contribution < 1.29 is 0 Å². The highest BCUT2D eigenvalue weighted by Crippen LogP contribution is 2.25. The van der Waals surface area contributed by atoms with Crippen molar-refractivity contribution >= 4 is 28.2 Å². The van der Waals surface area contributed by atoms with Crippen molar-refractivity contribution in [2.24, 2.45) is 0 Å². The topological polar surface area (TPSA) is 24.9 Å². The molecule has 100 valence electrons. The van der Waals surface area contributed by atoms with Gasteiger partial charge in [0, 0.05) is 17.6 Å². The van der Waals surface area contributed by atoms with E-state index in [9.17, 15) is 0 Å². The molecule has 1 heterocycles. The Kier molecular flexibility index (Phi) is 3.84. The van der Waals surface area contributed by atoms with Crippen LogP contribution in [-0.2, 0) is 6.42 Å². The number of aromatic nitrogens is 1. The molecule has 1 N–H and O–H groups in total. The molecule has 0 spiro atoms. The van der Waals surface area contributed by atoms with E-state index in [4.69, 9.17) is 11.6 Å². The van der Waals surface area contributed by atoms with Crippen LogP contribution in [0.15, 0.2) is 60.7 Å². The normalized spacial score (nSPS) is 10.7. The molecule has 1 aromatic heterocycles. The average Bonchev–Trinajstić information content (AvgIpc) is 2.48. The van der Waals surface area contributed by atoms with E-state index in [-0.39, 0.29) is 0 Å². The van der Waals surface area contributed by atoms with Crippen LogP contribution in [0.25, 0.3) is 10.9 Å². The summed E-state index contributed by atoms with van der Waals surface area (Å²) in [5, 5.41) is 5.07. The van der Waals surface area contributed by atoms with Crippen LogP contribution in [0.4, 0.5) is 5.69 Å². The zero-order valence-electron chi connectivity index (χ0n) is 11.0. The molecule has 0 aliphatic carbocycles. The van der Waals surface area contributed by atoms with Crippen molar-refractivity contribution in [2.45, 2.75) is 6.42 Å². The Morgan fingerprint density at radius 2 is 1.70 bits per heavy atom. The summed E-state index contributed by atoms with van der Waals surface area (Å²) >= 11 is 6.07. The number of anilines is 1. The predicted octanol–water partition coefficient (Wildman–Crippen LogP) is 4.54. The molecule has 2 nitrogen and oxygen atoms in total. The van der Waals surface area contributed by atoms with Gasteiger partial charge in [-0.3, -0.25) is 0 Å². The number of benzene rings is 2. The van der Waals surface area contributed by atoms with Crippen LogP contribution >= 0.6 is 11.6 Å². The summed E-state index contributed by atoms with van der Waals surface area (Å²) in [6.45, 7) is 0.869. The lowest BCUT2D eigenvalue weighted by Crippen LogP contribution is -2.05. The largest absolute Gasteiger partial charge is 0.384 e. The zero-order chi connectivity index (χ0) is 13.8. The third-order valence-corrected chi connectivity index (χ3v) is 3.45. The molecular weight excluding hydrogens is 268 g/mol. The highest BCUT2D eigenvalue weighted by atomic mass is 35.5. The maximum atomic E-state index is 6.07. The molecule has 0 bridgehead atoms. The molecule has 2 aromatic carbocycles. The van der Waals surface area contributed by atoms with Crippen LogP contribution in [0.5, 0.6) is 0 Å². The predicted molar refractivity (Wildman–Crippen MR) is 85.4 cm³/mol. The van der Waals surface area contributed by atoms with Gasteiger partial charge in [-0.05, 0) is 24.1 Å². The number of hydrogen-bond acceptors (Lipinski definition) is 2. The molecular formula is C17H15ClN2. The Labute approximate surface area is 123 Å². The molecule has 0 unspecified atom stereocenters. The quantitative estimate of drug-likeness (QED) is 0.711. The van der Waals surface area contributed by atoms with Gasteiger partial charge in [-0.1, -0.05) is 60.1 Å².